The summed E-state index contributed by atoms with van der Waals surface area (Å²) in [4.78, 5) is 26.1. The molecule has 1 heterocycles. The van der Waals surface area contributed by atoms with Gasteiger partial charge in [0, 0.05) is 10.2 Å². The molecule has 5 nitrogen and oxygen atoms in total. The molecule has 124 valence electrons. The summed E-state index contributed by atoms with van der Waals surface area (Å²) in [5.74, 6) is 0.260. The Hall–Kier alpha value is -2.34. The predicted molar refractivity (Wildman–Crippen MR) is 96.3 cm³/mol. The maximum Gasteiger partial charge on any atom is 0.256 e. The molecule has 0 spiro atoms. The third-order valence-electron chi connectivity index (χ3n) is 3.74. The number of carbonyl (C=O) groups is 2. The number of amides is 2. The van der Waals surface area contributed by atoms with Gasteiger partial charge in [0.2, 0.25) is 5.91 Å². The molecule has 24 heavy (non-hydrogen) atoms. The summed E-state index contributed by atoms with van der Waals surface area (Å²) in [6.07, 6.45) is 0.141. The largest absolute Gasteiger partial charge is 0.494 e. The van der Waals surface area contributed by atoms with E-state index in [4.69, 9.17) is 4.74 Å². The number of anilines is 2. The first-order valence-electron chi connectivity index (χ1n) is 7.70. The minimum Gasteiger partial charge on any atom is -0.494 e. The summed E-state index contributed by atoms with van der Waals surface area (Å²) in [5, 5.41) is 3.12. The molecule has 3 rings (SSSR count). The SMILES string of the molecule is CCOc1ccc(N2C(=O)C[C@H](Nc3ccc(Br)cc3)C2=O)cc1. The number of nitrogens with one attached hydrogen (secondary N) is 1. The first-order valence-corrected chi connectivity index (χ1v) is 8.49. The number of hydrogen-bond acceptors (Lipinski definition) is 4. The van der Waals surface area contributed by atoms with Gasteiger partial charge in [-0.25, -0.2) is 4.90 Å². The number of nitrogens with zero attached hydrogens (tertiary/aromatic N) is 1. The van der Waals surface area contributed by atoms with Gasteiger partial charge in [-0.15, -0.1) is 0 Å². The Morgan fingerprint density at radius 1 is 1.12 bits per heavy atom. The molecular formula is C18H17BrN2O3. The quantitative estimate of drug-likeness (QED) is 0.795. The molecule has 2 amide bonds. The lowest BCUT2D eigenvalue weighted by Crippen LogP contribution is -2.34. The molecule has 1 saturated heterocycles. The highest BCUT2D eigenvalue weighted by molar-refractivity contribution is 9.10. The molecule has 1 N–H and O–H groups in total. The van der Waals surface area contributed by atoms with E-state index < -0.39 is 6.04 Å². The van der Waals surface area contributed by atoms with Crippen molar-refractivity contribution in [3.8, 4) is 5.75 Å². The third-order valence-corrected chi connectivity index (χ3v) is 4.27. The maximum atomic E-state index is 12.6. The first-order chi connectivity index (χ1) is 11.6. The van der Waals surface area contributed by atoms with Crippen LogP contribution in [-0.4, -0.2) is 24.5 Å². The third kappa shape index (κ3) is 3.43. The Kier molecular flexibility index (Phi) is 4.85. The Balaban J connectivity index is 1.74. The van der Waals surface area contributed by atoms with E-state index in [0.29, 0.717) is 18.0 Å². The molecule has 2 aromatic rings. The summed E-state index contributed by atoms with van der Waals surface area (Å²) in [7, 11) is 0. The van der Waals surface area contributed by atoms with Gasteiger partial charge >= 0.3 is 0 Å². The van der Waals surface area contributed by atoms with Crippen molar-refractivity contribution in [3.63, 3.8) is 0 Å². The lowest BCUT2D eigenvalue weighted by atomic mass is 10.2. The summed E-state index contributed by atoms with van der Waals surface area (Å²) < 4.78 is 6.34. The molecule has 1 atom stereocenters. The van der Waals surface area contributed by atoms with E-state index >= 15 is 0 Å². The first kappa shape index (κ1) is 16.5. The van der Waals surface area contributed by atoms with Crippen molar-refractivity contribution in [2.24, 2.45) is 0 Å². The van der Waals surface area contributed by atoms with Crippen LogP contribution in [0.15, 0.2) is 53.0 Å². The molecule has 0 aliphatic carbocycles. The van der Waals surface area contributed by atoms with Gasteiger partial charge in [-0.05, 0) is 55.5 Å². The summed E-state index contributed by atoms with van der Waals surface area (Å²) in [6.45, 7) is 2.47. The number of carbonyl (C=O) groups excluding carboxylic acids is 2. The molecule has 6 heteroatoms. The highest BCUT2D eigenvalue weighted by Crippen LogP contribution is 2.27. The summed E-state index contributed by atoms with van der Waals surface area (Å²) >= 11 is 3.37. The minimum absolute atomic E-state index is 0.141. The zero-order chi connectivity index (χ0) is 17.1. The van der Waals surface area contributed by atoms with Gasteiger partial charge in [0.1, 0.15) is 11.8 Å². The fourth-order valence-electron chi connectivity index (χ4n) is 2.62. The number of imide groups is 1. The smallest absolute Gasteiger partial charge is 0.256 e. The molecule has 0 saturated carbocycles. The Morgan fingerprint density at radius 3 is 2.42 bits per heavy atom. The van der Waals surface area contributed by atoms with Gasteiger partial charge < -0.3 is 10.1 Å². The van der Waals surface area contributed by atoms with Gasteiger partial charge in [0.15, 0.2) is 0 Å². The fraction of sp³-hybridized carbons (Fsp3) is 0.222. The van der Waals surface area contributed by atoms with Gasteiger partial charge in [-0.2, -0.15) is 0 Å². The van der Waals surface area contributed by atoms with Gasteiger partial charge in [-0.1, -0.05) is 15.9 Å². The molecule has 1 aliphatic heterocycles. The molecular weight excluding hydrogens is 372 g/mol. The van der Waals surface area contributed by atoms with Gasteiger partial charge in [0.25, 0.3) is 5.91 Å². The monoisotopic (exact) mass is 388 g/mol. The summed E-state index contributed by atoms with van der Waals surface area (Å²) in [6, 6.07) is 13.9. The molecule has 0 unspecified atom stereocenters. The van der Waals surface area contributed by atoms with E-state index in [2.05, 4.69) is 21.2 Å². The number of ether oxygens (including phenoxy) is 1. The molecule has 2 aromatic carbocycles. The van der Waals surface area contributed by atoms with Crippen LogP contribution in [0, 0.1) is 0 Å². The average molecular weight is 389 g/mol. The topological polar surface area (TPSA) is 58.6 Å². The van der Waals surface area contributed by atoms with Gasteiger partial charge in [-0.3, -0.25) is 9.59 Å². The fourth-order valence-corrected chi connectivity index (χ4v) is 2.89. The highest BCUT2D eigenvalue weighted by Gasteiger charge is 2.39. The van der Waals surface area contributed by atoms with Crippen molar-refractivity contribution in [2.75, 3.05) is 16.8 Å². The number of rotatable bonds is 5. The zero-order valence-corrected chi connectivity index (χ0v) is 14.7. The van der Waals surface area contributed by atoms with Crippen molar-refractivity contribution in [1.82, 2.24) is 0 Å². The normalized spacial score (nSPS) is 17.2. The lowest BCUT2D eigenvalue weighted by Gasteiger charge is -2.16. The summed E-state index contributed by atoms with van der Waals surface area (Å²) in [5.41, 5.74) is 1.37. The van der Waals surface area contributed by atoms with Crippen LogP contribution >= 0.6 is 15.9 Å². The average Bonchev–Trinajstić information content (AvgIpc) is 2.85. The van der Waals surface area contributed by atoms with Crippen LogP contribution in [0.1, 0.15) is 13.3 Å². The minimum atomic E-state index is -0.551. The van der Waals surface area contributed by atoms with Crippen molar-refractivity contribution in [2.45, 2.75) is 19.4 Å². The van der Waals surface area contributed by atoms with E-state index in [-0.39, 0.29) is 18.2 Å². The predicted octanol–water partition coefficient (Wildman–Crippen LogP) is 3.59. The van der Waals surface area contributed by atoms with Crippen LogP contribution in [0.4, 0.5) is 11.4 Å². The van der Waals surface area contributed by atoms with Gasteiger partial charge in [0.05, 0.1) is 18.7 Å². The standard InChI is InChI=1S/C18H17BrN2O3/c1-2-24-15-9-7-14(8-10-15)21-17(22)11-16(18(21)23)20-13-5-3-12(19)4-6-13/h3-10,16,20H,2,11H2,1H3/t16-/m0/s1. The maximum absolute atomic E-state index is 12.6. The Morgan fingerprint density at radius 2 is 1.79 bits per heavy atom. The van der Waals surface area contributed by atoms with E-state index in [1.165, 1.54) is 4.90 Å². The van der Waals surface area contributed by atoms with Crippen molar-refractivity contribution in [1.29, 1.82) is 0 Å². The van der Waals surface area contributed by atoms with Crippen molar-refractivity contribution >= 4 is 39.1 Å². The van der Waals surface area contributed by atoms with E-state index in [1.807, 2.05) is 31.2 Å². The van der Waals surface area contributed by atoms with Crippen molar-refractivity contribution in [3.05, 3.63) is 53.0 Å². The second kappa shape index (κ2) is 7.05. The van der Waals surface area contributed by atoms with E-state index in [1.54, 1.807) is 24.3 Å². The van der Waals surface area contributed by atoms with Crippen LogP contribution in [0.25, 0.3) is 0 Å². The van der Waals surface area contributed by atoms with Crippen LogP contribution < -0.4 is 15.0 Å². The van der Waals surface area contributed by atoms with E-state index in [9.17, 15) is 9.59 Å². The number of halogens is 1. The molecule has 0 aromatic heterocycles. The molecule has 0 radical (unpaired) electrons. The zero-order valence-electron chi connectivity index (χ0n) is 13.2. The van der Waals surface area contributed by atoms with Crippen LogP contribution in [0.3, 0.4) is 0 Å². The Labute approximate surface area is 148 Å². The highest BCUT2D eigenvalue weighted by atomic mass is 79.9. The molecule has 1 fully saturated rings. The molecule has 0 bridgehead atoms. The van der Waals surface area contributed by atoms with Crippen LogP contribution in [0.5, 0.6) is 5.75 Å². The van der Waals surface area contributed by atoms with Crippen LogP contribution in [0.2, 0.25) is 0 Å². The second-order valence-electron chi connectivity index (χ2n) is 5.40. The van der Waals surface area contributed by atoms with Crippen LogP contribution in [-0.2, 0) is 9.59 Å². The lowest BCUT2D eigenvalue weighted by molar-refractivity contribution is -0.121. The van der Waals surface area contributed by atoms with E-state index in [0.717, 1.165) is 10.2 Å². The molecule has 1 aliphatic rings. The Bertz CT molecular complexity index is 744. The van der Waals surface area contributed by atoms with Crippen molar-refractivity contribution < 1.29 is 14.3 Å². The number of hydrogen-bond donors (Lipinski definition) is 1. The second-order valence-corrected chi connectivity index (χ2v) is 6.32. The number of benzene rings is 2.